The second-order valence-corrected chi connectivity index (χ2v) is 5.57. The summed E-state index contributed by atoms with van der Waals surface area (Å²) >= 11 is 0. The molecule has 0 saturated carbocycles. The molecule has 1 aromatic carbocycles. The van der Waals surface area contributed by atoms with Crippen LogP contribution in [0.4, 0.5) is 5.69 Å². The molecule has 0 bridgehead atoms. The highest BCUT2D eigenvalue weighted by molar-refractivity contribution is 5.89. The van der Waals surface area contributed by atoms with Crippen LogP contribution in [0, 0.1) is 22.7 Å². The van der Waals surface area contributed by atoms with E-state index >= 15 is 0 Å². The van der Waals surface area contributed by atoms with E-state index in [1.165, 1.54) is 18.3 Å². The van der Waals surface area contributed by atoms with Crippen LogP contribution in [-0.2, 0) is 0 Å². The maximum atomic E-state index is 11.1. The number of hydrogen-bond acceptors (Lipinski definition) is 5. The fraction of sp³-hybridized carbons (Fsp3) is 0.222. The highest BCUT2D eigenvalue weighted by Gasteiger charge is 2.21. The standard InChI is InChI=1S/C18H14N4O2/c19-10-14-7-13(16-9-12(18(23)24)3-4-21-16)8-15(11-20)17(14)22-5-1-2-6-22/h3-4,7-9H,1-2,5-6H2,(H,23,24). The van der Waals surface area contributed by atoms with Crippen molar-refractivity contribution in [3.8, 4) is 23.4 Å². The van der Waals surface area contributed by atoms with Gasteiger partial charge >= 0.3 is 5.97 Å². The van der Waals surface area contributed by atoms with Crippen molar-refractivity contribution in [3.63, 3.8) is 0 Å². The molecule has 0 radical (unpaired) electrons. The number of aromatic carboxylic acids is 1. The van der Waals surface area contributed by atoms with Gasteiger partial charge in [-0.05, 0) is 37.1 Å². The largest absolute Gasteiger partial charge is 0.478 e. The lowest BCUT2D eigenvalue weighted by atomic mass is 10.00. The zero-order chi connectivity index (χ0) is 17.1. The summed E-state index contributed by atoms with van der Waals surface area (Å²) in [7, 11) is 0. The van der Waals surface area contributed by atoms with E-state index in [1.54, 1.807) is 12.1 Å². The molecule has 6 nitrogen and oxygen atoms in total. The van der Waals surface area contributed by atoms with Crippen LogP contribution in [0.5, 0.6) is 0 Å². The summed E-state index contributed by atoms with van der Waals surface area (Å²) in [6.45, 7) is 1.66. The van der Waals surface area contributed by atoms with E-state index in [0.717, 1.165) is 25.9 Å². The summed E-state index contributed by atoms with van der Waals surface area (Å²) in [4.78, 5) is 17.4. The minimum atomic E-state index is -1.05. The first-order chi connectivity index (χ1) is 11.6. The van der Waals surface area contributed by atoms with Crippen LogP contribution < -0.4 is 4.90 Å². The first-order valence-corrected chi connectivity index (χ1v) is 7.57. The van der Waals surface area contributed by atoms with E-state index in [1.807, 2.05) is 0 Å². The lowest BCUT2D eigenvalue weighted by Gasteiger charge is -2.21. The molecule has 1 aliphatic heterocycles. The number of rotatable bonds is 3. The molecule has 6 heteroatoms. The molecule has 0 atom stereocenters. The SMILES string of the molecule is N#Cc1cc(-c2cc(C(=O)O)ccn2)cc(C#N)c1N1CCCC1. The van der Waals surface area contributed by atoms with Crippen molar-refractivity contribution in [1.29, 1.82) is 10.5 Å². The van der Waals surface area contributed by atoms with Crippen molar-refractivity contribution in [2.75, 3.05) is 18.0 Å². The van der Waals surface area contributed by atoms with Crippen LogP contribution in [0.25, 0.3) is 11.3 Å². The van der Waals surface area contributed by atoms with E-state index in [-0.39, 0.29) is 5.56 Å². The third kappa shape index (κ3) is 2.78. The number of benzene rings is 1. The Bertz CT molecular complexity index is 852. The van der Waals surface area contributed by atoms with Crippen LogP contribution in [0.3, 0.4) is 0 Å². The van der Waals surface area contributed by atoms with Crippen LogP contribution in [-0.4, -0.2) is 29.1 Å². The van der Waals surface area contributed by atoms with E-state index in [2.05, 4.69) is 22.0 Å². The van der Waals surface area contributed by atoms with E-state index in [9.17, 15) is 15.3 Å². The van der Waals surface area contributed by atoms with E-state index in [4.69, 9.17) is 5.11 Å². The molecule has 1 aliphatic rings. The number of carbonyl (C=O) groups is 1. The number of aromatic nitrogens is 1. The maximum Gasteiger partial charge on any atom is 0.335 e. The fourth-order valence-corrected chi connectivity index (χ4v) is 2.96. The minimum Gasteiger partial charge on any atom is -0.478 e. The van der Waals surface area contributed by atoms with Gasteiger partial charge in [0.25, 0.3) is 0 Å². The fourth-order valence-electron chi connectivity index (χ4n) is 2.96. The zero-order valence-electron chi connectivity index (χ0n) is 12.9. The van der Waals surface area contributed by atoms with Gasteiger partial charge in [-0.15, -0.1) is 0 Å². The molecule has 1 aromatic heterocycles. The summed E-state index contributed by atoms with van der Waals surface area (Å²) in [5.41, 5.74) is 2.59. The van der Waals surface area contributed by atoms with E-state index < -0.39 is 5.97 Å². The topological polar surface area (TPSA) is 101 Å². The molecule has 0 unspecified atom stereocenters. The Labute approximate surface area is 139 Å². The predicted octanol–water partition coefficient (Wildman–Crippen LogP) is 2.79. The number of hydrogen-bond donors (Lipinski definition) is 1. The first-order valence-electron chi connectivity index (χ1n) is 7.57. The Morgan fingerprint density at radius 1 is 1.12 bits per heavy atom. The van der Waals surface area contributed by atoms with Crippen LogP contribution >= 0.6 is 0 Å². The monoisotopic (exact) mass is 318 g/mol. The number of nitriles is 2. The highest BCUT2D eigenvalue weighted by Crippen LogP contribution is 2.32. The minimum absolute atomic E-state index is 0.112. The summed E-state index contributed by atoms with van der Waals surface area (Å²) < 4.78 is 0. The maximum absolute atomic E-state index is 11.1. The molecule has 24 heavy (non-hydrogen) atoms. The van der Waals surface area contributed by atoms with Crippen molar-refractivity contribution in [1.82, 2.24) is 4.98 Å². The summed E-state index contributed by atoms with van der Waals surface area (Å²) in [6.07, 6.45) is 3.49. The Morgan fingerprint density at radius 3 is 2.29 bits per heavy atom. The van der Waals surface area contributed by atoms with Gasteiger partial charge in [0, 0.05) is 24.8 Å². The molecular formula is C18H14N4O2. The second kappa shape index (κ2) is 6.39. The Balaban J connectivity index is 2.14. The average molecular weight is 318 g/mol. The van der Waals surface area contributed by atoms with Gasteiger partial charge in [-0.3, -0.25) is 4.98 Å². The number of anilines is 1. The van der Waals surface area contributed by atoms with Crippen molar-refractivity contribution in [2.24, 2.45) is 0 Å². The van der Waals surface area contributed by atoms with Gasteiger partial charge in [0.2, 0.25) is 0 Å². The van der Waals surface area contributed by atoms with Gasteiger partial charge in [-0.2, -0.15) is 10.5 Å². The lowest BCUT2D eigenvalue weighted by Crippen LogP contribution is -2.20. The lowest BCUT2D eigenvalue weighted by molar-refractivity contribution is 0.0697. The molecule has 2 heterocycles. The van der Waals surface area contributed by atoms with Gasteiger partial charge in [-0.1, -0.05) is 0 Å². The van der Waals surface area contributed by atoms with Gasteiger partial charge in [-0.25, -0.2) is 4.79 Å². The molecule has 1 N–H and O–H groups in total. The van der Waals surface area contributed by atoms with Crippen molar-refractivity contribution >= 4 is 11.7 Å². The molecule has 0 spiro atoms. The van der Waals surface area contributed by atoms with Gasteiger partial charge in [0.15, 0.2) is 0 Å². The number of pyridine rings is 1. The highest BCUT2D eigenvalue weighted by atomic mass is 16.4. The quantitative estimate of drug-likeness (QED) is 0.933. The summed E-state index contributed by atoms with van der Waals surface area (Å²) in [5, 5.41) is 28.1. The second-order valence-electron chi connectivity index (χ2n) is 5.57. The normalized spacial score (nSPS) is 13.3. The predicted molar refractivity (Wildman–Crippen MR) is 87.5 cm³/mol. The van der Waals surface area contributed by atoms with Gasteiger partial charge in [0.1, 0.15) is 12.1 Å². The third-order valence-corrected chi connectivity index (χ3v) is 4.08. The average Bonchev–Trinajstić information content (AvgIpc) is 3.14. The van der Waals surface area contributed by atoms with Crippen molar-refractivity contribution in [2.45, 2.75) is 12.8 Å². The van der Waals surface area contributed by atoms with Gasteiger partial charge in [0.05, 0.1) is 28.1 Å². The molecule has 1 saturated heterocycles. The summed E-state index contributed by atoms with van der Waals surface area (Å²) in [6, 6.07) is 10.5. The Hall–Kier alpha value is -3.38. The van der Waals surface area contributed by atoms with Gasteiger partial charge < -0.3 is 10.0 Å². The third-order valence-electron chi connectivity index (χ3n) is 4.08. The van der Waals surface area contributed by atoms with Crippen LogP contribution in [0.15, 0.2) is 30.5 Å². The number of nitrogens with zero attached hydrogens (tertiary/aromatic N) is 4. The smallest absolute Gasteiger partial charge is 0.335 e. The molecule has 2 aromatic rings. The van der Waals surface area contributed by atoms with E-state index in [0.29, 0.717) is 28.1 Å². The number of carboxylic acid groups (broad SMARTS) is 1. The van der Waals surface area contributed by atoms with Crippen LogP contribution in [0.2, 0.25) is 0 Å². The molecular weight excluding hydrogens is 304 g/mol. The molecule has 118 valence electrons. The Morgan fingerprint density at radius 2 is 1.75 bits per heavy atom. The van der Waals surface area contributed by atoms with Crippen molar-refractivity contribution < 1.29 is 9.90 Å². The molecule has 3 rings (SSSR count). The van der Waals surface area contributed by atoms with Crippen LogP contribution in [0.1, 0.15) is 34.3 Å². The summed E-state index contributed by atoms with van der Waals surface area (Å²) in [5.74, 6) is -1.05. The zero-order valence-corrected chi connectivity index (χ0v) is 12.9. The number of carboxylic acids is 1. The Kier molecular flexibility index (Phi) is 4.13. The first kappa shape index (κ1) is 15.5. The van der Waals surface area contributed by atoms with Crippen molar-refractivity contribution in [3.05, 3.63) is 47.2 Å². The molecule has 1 fully saturated rings. The molecule has 0 amide bonds. The molecule has 0 aliphatic carbocycles.